The van der Waals surface area contributed by atoms with E-state index in [1.807, 2.05) is 13.1 Å². The first-order valence-electron chi connectivity index (χ1n) is 6.39. The Morgan fingerprint density at radius 1 is 1.40 bits per heavy atom. The van der Waals surface area contributed by atoms with E-state index in [1.165, 1.54) is 12.1 Å². The molecule has 1 unspecified atom stereocenters. The molecule has 1 atom stereocenters. The highest BCUT2D eigenvalue weighted by molar-refractivity contribution is 7.90. The number of hydrogen-bond acceptors (Lipinski definition) is 4. The van der Waals surface area contributed by atoms with Gasteiger partial charge in [-0.05, 0) is 30.2 Å². The summed E-state index contributed by atoms with van der Waals surface area (Å²) in [5.74, 6) is 0. The van der Waals surface area contributed by atoms with Gasteiger partial charge in [0.05, 0.1) is 17.2 Å². The molecule has 108 valence electrons. The minimum Gasteiger partial charge on any atom is -0.388 e. The van der Waals surface area contributed by atoms with Gasteiger partial charge in [0.1, 0.15) is 0 Å². The molecule has 0 aliphatic carbocycles. The van der Waals surface area contributed by atoms with Gasteiger partial charge in [-0.3, -0.25) is 4.68 Å². The lowest BCUT2D eigenvalue weighted by atomic mass is 10.0. The van der Waals surface area contributed by atoms with E-state index in [2.05, 4.69) is 5.10 Å². The molecule has 1 N–H and O–H groups in total. The van der Waals surface area contributed by atoms with Gasteiger partial charge in [0, 0.05) is 25.4 Å². The van der Waals surface area contributed by atoms with Crippen molar-refractivity contribution in [3.8, 4) is 0 Å². The lowest BCUT2D eigenvalue weighted by Crippen LogP contribution is -2.04. The summed E-state index contributed by atoms with van der Waals surface area (Å²) < 4.78 is 24.8. The SMILES string of the molecule is CCn1cc(CC(O)c2cccc(S(C)(=O)=O)c2)cn1. The van der Waals surface area contributed by atoms with Gasteiger partial charge in [-0.1, -0.05) is 12.1 Å². The summed E-state index contributed by atoms with van der Waals surface area (Å²) in [5.41, 5.74) is 1.52. The van der Waals surface area contributed by atoms with Crippen molar-refractivity contribution in [3.05, 3.63) is 47.8 Å². The van der Waals surface area contributed by atoms with Gasteiger partial charge in [0.25, 0.3) is 0 Å². The summed E-state index contributed by atoms with van der Waals surface area (Å²) in [6.07, 6.45) is 4.42. The van der Waals surface area contributed by atoms with Crippen molar-refractivity contribution in [2.75, 3.05) is 6.26 Å². The molecule has 2 rings (SSSR count). The van der Waals surface area contributed by atoms with E-state index in [9.17, 15) is 13.5 Å². The average Bonchev–Trinajstić information content (AvgIpc) is 2.85. The molecule has 0 spiro atoms. The zero-order valence-electron chi connectivity index (χ0n) is 11.5. The fourth-order valence-electron chi connectivity index (χ4n) is 1.98. The van der Waals surface area contributed by atoms with Crippen LogP contribution in [0.25, 0.3) is 0 Å². The van der Waals surface area contributed by atoms with E-state index in [1.54, 1.807) is 23.0 Å². The third kappa shape index (κ3) is 3.46. The van der Waals surface area contributed by atoms with Crippen LogP contribution < -0.4 is 0 Å². The van der Waals surface area contributed by atoms with Crippen LogP contribution in [0.2, 0.25) is 0 Å². The molecule has 5 nitrogen and oxygen atoms in total. The maximum Gasteiger partial charge on any atom is 0.175 e. The molecule has 0 radical (unpaired) electrons. The Bertz CT molecular complexity index is 692. The van der Waals surface area contributed by atoms with Gasteiger partial charge in [-0.15, -0.1) is 0 Å². The molecule has 0 amide bonds. The molecule has 0 saturated heterocycles. The lowest BCUT2D eigenvalue weighted by Gasteiger charge is -2.10. The number of aryl methyl sites for hydroxylation is 1. The normalized spacial score (nSPS) is 13.3. The average molecular weight is 294 g/mol. The van der Waals surface area contributed by atoms with E-state index >= 15 is 0 Å². The van der Waals surface area contributed by atoms with Crippen LogP contribution in [0.3, 0.4) is 0 Å². The lowest BCUT2D eigenvalue weighted by molar-refractivity contribution is 0.178. The minimum atomic E-state index is -3.26. The first-order valence-corrected chi connectivity index (χ1v) is 8.28. The van der Waals surface area contributed by atoms with Crippen LogP contribution in [0.15, 0.2) is 41.6 Å². The Morgan fingerprint density at radius 3 is 2.75 bits per heavy atom. The molecule has 1 heterocycles. The second-order valence-corrected chi connectivity index (χ2v) is 6.78. The van der Waals surface area contributed by atoms with Gasteiger partial charge in [-0.2, -0.15) is 5.10 Å². The third-order valence-corrected chi connectivity index (χ3v) is 4.22. The van der Waals surface area contributed by atoms with Crippen LogP contribution in [-0.2, 0) is 22.8 Å². The number of aromatic nitrogens is 2. The first kappa shape index (κ1) is 14.7. The van der Waals surface area contributed by atoms with Crippen molar-refractivity contribution in [1.82, 2.24) is 9.78 Å². The molecule has 1 aromatic heterocycles. The van der Waals surface area contributed by atoms with Crippen molar-refractivity contribution >= 4 is 9.84 Å². The molecule has 6 heteroatoms. The quantitative estimate of drug-likeness (QED) is 0.909. The smallest absolute Gasteiger partial charge is 0.175 e. The Labute approximate surface area is 118 Å². The van der Waals surface area contributed by atoms with E-state index in [0.29, 0.717) is 12.0 Å². The summed E-state index contributed by atoms with van der Waals surface area (Å²) >= 11 is 0. The first-order chi connectivity index (χ1) is 9.40. The highest BCUT2D eigenvalue weighted by Crippen LogP contribution is 2.21. The monoisotopic (exact) mass is 294 g/mol. The summed E-state index contributed by atoms with van der Waals surface area (Å²) in [6.45, 7) is 2.77. The van der Waals surface area contributed by atoms with Gasteiger partial charge >= 0.3 is 0 Å². The Morgan fingerprint density at radius 2 is 2.15 bits per heavy atom. The molecule has 20 heavy (non-hydrogen) atoms. The second kappa shape index (κ2) is 5.76. The molecule has 0 aliphatic rings. The van der Waals surface area contributed by atoms with Gasteiger partial charge in [0.15, 0.2) is 9.84 Å². The van der Waals surface area contributed by atoms with Crippen molar-refractivity contribution in [2.24, 2.45) is 0 Å². The summed E-state index contributed by atoms with van der Waals surface area (Å²) in [6, 6.07) is 6.42. The number of aliphatic hydroxyl groups is 1. The van der Waals surface area contributed by atoms with E-state index in [0.717, 1.165) is 18.4 Å². The maximum atomic E-state index is 11.5. The van der Waals surface area contributed by atoms with Crippen molar-refractivity contribution in [2.45, 2.75) is 30.9 Å². The highest BCUT2D eigenvalue weighted by atomic mass is 32.2. The van der Waals surface area contributed by atoms with Gasteiger partial charge in [0.2, 0.25) is 0 Å². The zero-order valence-corrected chi connectivity index (χ0v) is 12.3. The molecule has 1 aromatic carbocycles. The minimum absolute atomic E-state index is 0.221. The second-order valence-electron chi connectivity index (χ2n) is 4.77. The van der Waals surface area contributed by atoms with Crippen molar-refractivity contribution in [3.63, 3.8) is 0 Å². The van der Waals surface area contributed by atoms with Crippen LogP contribution in [0.5, 0.6) is 0 Å². The number of rotatable bonds is 5. The number of benzene rings is 1. The summed E-state index contributed by atoms with van der Waals surface area (Å²) in [4.78, 5) is 0.221. The molecule has 2 aromatic rings. The number of sulfone groups is 1. The Balaban J connectivity index is 2.19. The summed E-state index contributed by atoms with van der Waals surface area (Å²) in [5, 5.41) is 14.4. The van der Waals surface area contributed by atoms with Crippen LogP contribution in [0.4, 0.5) is 0 Å². The van der Waals surface area contributed by atoms with Crippen LogP contribution in [0, 0.1) is 0 Å². The third-order valence-electron chi connectivity index (χ3n) is 3.11. The zero-order chi connectivity index (χ0) is 14.8. The highest BCUT2D eigenvalue weighted by Gasteiger charge is 2.13. The van der Waals surface area contributed by atoms with Crippen molar-refractivity contribution < 1.29 is 13.5 Å². The largest absolute Gasteiger partial charge is 0.388 e. The number of aliphatic hydroxyl groups excluding tert-OH is 1. The van der Waals surface area contributed by atoms with Crippen LogP contribution in [-0.4, -0.2) is 29.6 Å². The predicted molar refractivity (Wildman–Crippen MR) is 76.1 cm³/mol. The fourth-order valence-corrected chi connectivity index (χ4v) is 2.65. The van der Waals surface area contributed by atoms with E-state index in [4.69, 9.17) is 0 Å². The predicted octanol–water partition coefficient (Wildman–Crippen LogP) is 1.58. The molecule has 0 fully saturated rings. The molecule has 0 bridgehead atoms. The van der Waals surface area contributed by atoms with Gasteiger partial charge < -0.3 is 5.11 Å². The van der Waals surface area contributed by atoms with Gasteiger partial charge in [-0.25, -0.2) is 8.42 Å². The van der Waals surface area contributed by atoms with Crippen LogP contribution >= 0.6 is 0 Å². The fraction of sp³-hybridized carbons (Fsp3) is 0.357. The molecule has 0 saturated carbocycles. The molecular formula is C14H18N2O3S. The van der Waals surface area contributed by atoms with E-state index < -0.39 is 15.9 Å². The summed E-state index contributed by atoms with van der Waals surface area (Å²) in [7, 11) is -3.26. The number of nitrogens with zero attached hydrogens (tertiary/aromatic N) is 2. The topological polar surface area (TPSA) is 72.2 Å². The van der Waals surface area contributed by atoms with Crippen LogP contribution in [0.1, 0.15) is 24.2 Å². The standard InChI is InChI=1S/C14H18N2O3S/c1-3-16-10-11(9-15-16)7-14(17)12-5-4-6-13(8-12)20(2,18)19/h4-6,8-10,14,17H,3,7H2,1-2H3. The Kier molecular flexibility index (Phi) is 4.25. The Hall–Kier alpha value is -1.66. The molecule has 0 aliphatic heterocycles. The number of hydrogen-bond donors (Lipinski definition) is 1. The molecular weight excluding hydrogens is 276 g/mol. The maximum absolute atomic E-state index is 11.5. The van der Waals surface area contributed by atoms with E-state index in [-0.39, 0.29) is 4.90 Å². The van der Waals surface area contributed by atoms with Crippen molar-refractivity contribution in [1.29, 1.82) is 0 Å².